The first-order chi connectivity index (χ1) is 8.04. The highest BCUT2D eigenvalue weighted by molar-refractivity contribution is 5.69. The summed E-state index contributed by atoms with van der Waals surface area (Å²) in [5, 5.41) is 8.69. The molecule has 1 heterocycles. The van der Waals surface area contributed by atoms with Crippen molar-refractivity contribution in [2.24, 2.45) is 0 Å². The number of carboxylic acid groups (broad SMARTS) is 1. The molecule has 0 spiro atoms. The lowest BCUT2D eigenvalue weighted by Crippen LogP contribution is -2.35. The number of hydrogen-bond donors (Lipinski definition) is 1. The molecule has 1 unspecified atom stereocenters. The first-order valence-electron chi connectivity index (χ1n) is 5.71. The first kappa shape index (κ1) is 11.9. The monoisotopic (exact) mass is 235 g/mol. The van der Waals surface area contributed by atoms with Gasteiger partial charge in [-0.05, 0) is 25.6 Å². The number of hydrogen-bond acceptors (Lipinski definition) is 3. The lowest BCUT2D eigenvalue weighted by Gasteiger charge is -2.18. The number of rotatable bonds is 4. The van der Waals surface area contributed by atoms with Crippen LogP contribution in [0.4, 0.5) is 0 Å². The molecule has 0 aromatic heterocycles. The van der Waals surface area contributed by atoms with E-state index in [9.17, 15) is 4.79 Å². The van der Waals surface area contributed by atoms with E-state index in [0.29, 0.717) is 6.54 Å². The van der Waals surface area contributed by atoms with Gasteiger partial charge in [-0.25, -0.2) is 0 Å². The molecule has 4 nitrogen and oxygen atoms in total. The third-order valence-corrected chi connectivity index (χ3v) is 2.88. The summed E-state index contributed by atoms with van der Waals surface area (Å²) in [7, 11) is 1.80. The summed E-state index contributed by atoms with van der Waals surface area (Å²) < 4.78 is 5.78. The number of aliphatic carboxylic acids is 1. The van der Waals surface area contributed by atoms with Gasteiger partial charge in [0.05, 0.1) is 6.54 Å². The number of fused-ring (bicyclic) bond motifs is 1. The standard InChI is InChI=1S/C13H17NO3/c1-9-3-4-12-10(5-9)6-11(17-12)7-14(2)8-13(15)16/h3-5,11H,6-8H2,1-2H3,(H,15,16). The maximum atomic E-state index is 10.6. The SMILES string of the molecule is Cc1ccc2c(c1)CC(CN(C)CC(=O)O)O2. The molecule has 0 saturated heterocycles. The van der Waals surface area contributed by atoms with Gasteiger partial charge < -0.3 is 9.84 Å². The number of ether oxygens (including phenoxy) is 1. The molecule has 1 aliphatic heterocycles. The molecule has 0 bridgehead atoms. The number of carboxylic acids is 1. The largest absolute Gasteiger partial charge is 0.488 e. The van der Waals surface area contributed by atoms with E-state index in [1.165, 1.54) is 11.1 Å². The smallest absolute Gasteiger partial charge is 0.317 e. The number of aryl methyl sites for hydroxylation is 1. The average molecular weight is 235 g/mol. The third-order valence-electron chi connectivity index (χ3n) is 2.88. The van der Waals surface area contributed by atoms with Crippen LogP contribution in [-0.4, -0.2) is 42.2 Å². The molecule has 2 rings (SSSR count). The maximum absolute atomic E-state index is 10.6. The fourth-order valence-electron chi connectivity index (χ4n) is 2.19. The summed E-state index contributed by atoms with van der Waals surface area (Å²) in [5.41, 5.74) is 2.45. The van der Waals surface area contributed by atoms with E-state index in [-0.39, 0.29) is 12.6 Å². The van der Waals surface area contributed by atoms with Gasteiger partial charge in [-0.15, -0.1) is 0 Å². The van der Waals surface area contributed by atoms with Gasteiger partial charge in [0.25, 0.3) is 0 Å². The van der Waals surface area contributed by atoms with Crippen LogP contribution in [0.3, 0.4) is 0 Å². The van der Waals surface area contributed by atoms with Crippen LogP contribution in [0, 0.1) is 6.92 Å². The summed E-state index contributed by atoms with van der Waals surface area (Å²) in [6.07, 6.45) is 0.928. The molecule has 0 aliphatic carbocycles. The van der Waals surface area contributed by atoms with E-state index >= 15 is 0 Å². The molecule has 0 amide bonds. The first-order valence-corrected chi connectivity index (χ1v) is 5.71. The Labute approximate surface area is 101 Å². The Bertz CT molecular complexity index is 431. The Balaban J connectivity index is 1.94. The normalized spacial score (nSPS) is 17.9. The predicted molar refractivity (Wildman–Crippen MR) is 64.4 cm³/mol. The predicted octanol–water partition coefficient (Wildman–Crippen LogP) is 1.31. The molecule has 1 aliphatic rings. The zero-order valence-electron chi connectivity index (χ0n) is 10.1. The highest BCUT2D eigenvalue weighted by Crippen LogP contribution is 2.29. The van der Waals surface area contributed by atoms with Crippen molar-refractivity contribution >= 4 is 5.97 Å². The van der Waals surface area contributed by atoms with Gasteiger partial charge in [-0.2, -0.15) is 0 Å². The van der Waals surface area contributed by atoms with Gasteiger partial charge in [-0.1, -0.05) is 17.7 Å². The molecule has 1 N–H and O–H groups in total. The molecule has 4 heteroatoms. The number of carbonyl (C=O) groups is 1. The number of benzene rings is 1. The minimum Gasteiger partial charge on any atom is -0.488 e. The Hall–Kier alpha value is -1.55. The molecule has 92 valence electrons. The molecule has 0 radical (unpaired) electrons. The minimum absolute atomic E-state index is 0.0508. The van der Waals surface area contributed by atoms with E-state index in [1.54, 1.807) is 11.9 Å². The van der Waals surface area contributed by atoms with E-state index in [2.05, 4.69) is 13.0 Å². The van der Waals surface area contributed by atoms with Crippen molar-refractivity contribution in [1.82, 2.24) is 4.90 Å². The second kappa shape index (κ2) is 4.75. The van der Waals surface area contributed by atoms with Crippen LogP contribution in [0.2, 0.25) is 0 Å². The summed E-state index contributed by atoms with van der Waals surface area (Å²) in [6.45, 7) is 2.75. The summed E-state index contributed by atoms with van der Waals surface area (Å²) in [6, 6.07) is 6.15. The van der Waals surface area contributed by atoms with Crippen molar-refractivity contribution in [3.8, 4) is 5.75 Å². The summed E-state index contributed by atoms with van der Waals surface area (Å²) in [4.78, 5) is 12.3. The molecule has 17 heavy (non-hydrogen) atoms. The van der Waals surface area contributed by atoms with Crippen molar-refractivity contribution in [3.63, 3.8) is 0 Å². The molecular formula is C13H17NO3. The second-order valence-electron chi connectivity index (χ2n) is 4.65. The lowest BCUT2D eigenvalue weighted by atomic mass is 10.1. The minimum atomic E-state index is -0.807. The van der Waals surface area contributed by atoms with Crippen LogP contribution in [0.1, 0.15) is 11.1 Å². The summed E-state index contributed by atoms with van der Waals surface area (Å²) >= 11 is 0. The fraction of sp³-hybridized carbons (Fsp3) is 0.462. The molecule has 1 atom stereocenters. The molecule has 0 saturated carbocycles. The third kappa shape index (κ3) is 2.97. The second-order valence-corrected chi connectivity index (χ2v) is 4.65. The molecule has 1 aromatic rings. The highest BCUT2D eigenvalue weighted by Gasteiger charge is 2.24. The van der Waals surface area contributed by atoms with Crippen molar-refractivity contribution in [1.29, 1.82) is 0 Å². The van der Waals surface area contributed by atoms with Gasteiger partial charge in [-0.3, -0.25) is 9.69 Å². The number of nitrogens with zero attached hydrogens (tertiary/aromatic N) is 1. The van der Waals surface area contributed by atoms with Gasteiger partial charge >= 0.3 is 5.97 Å². The van der Waals surface area contributed by atoms with Gasteiger partial charge in [0.15, 0.2) is 0 Å². The van der Waals surface area contributed by atoms with E-state index < -0.39 is 5.97 Å². The van der Waals surface area contributed by atoms with Gasteiger partial charge in [0.2, 0.25) is 0 Å². The van der Waals surface area contributed by atoms with Crippen LogP contribution < -0.4 is 4.74 Å². The number of likely N-dealkylation sites (N-methyl/N-ethyl adjacent to an activating group) is 1. The van der Waals surface area contributed by atoms with Crippen molar-refractivity contribution in [3.05, 3.63) is 29.3 Å². The van der Waals surface area contributed by atoms with Gasteiger partial charge in [0, 0.05) is 13.0 Å². The van der Waals surface area contributed by atoms with Crippen molar-refractivity contribution < 1.29 is 14.6 Å². The van der Waals surface area contributed by atoms with E-state index in [0.717, 1.165) is 12.2 Å². The quantitative estimate of drug-likeness (QED) is 0.855. The average Bonchev–Trinajstić information content (AvgIpc) is 2.57. The maximum Gasteiger partial charge on any atom is 0.317 e. The fourth-order valence-corrected chi connectivity index (χ4v) is 2.19. The zero-order valence-corrected chi connectivity index (χ0v) is 10.1. The molecular weight excluding hydrogens is 218 g/mol. The summed E-state index contributed by atoms with van der Waals surface area (Å²) in [5.74, 6) is 0.128. The van der Waals surface area contributed by atoms with Crippen molar-refractivity contribution in [2.45, 2.75) is 19.4 Å². The Morgan fingerprint density at radius 2 is 2.35 bits per heavy atom. The Morgan fingerprint density at radius 3 is 3.06 bits per heavy atom. The molecule has 1 aromatic carbocycles. The van der Waals surface area contributed by atoms with Crippen LogP contribution in [0.25, 0.3) is 0 Å². The van der Waals surface area contributed by atoms with E-state index in [1.807, 2.05) is 12.1 Å². The van der Waals surface area contributed by atoms with E-state index in [4.69, 9.17) is 9.84 Å². The topological polar surface area (TPSA) is 49.8 Å². The lowest BCUT2D eigenvalue weighted by molar-refractivity contribution is -0.138. The van der Waals surface area contributed by atoms with Crippen LogP contribution in [0.15, 0.2) is 18.2 Å². The van der Waals surface area contributed by atoms with Crippen LogP contribution in [-0.2, 0) is 11.2 Å². The molecule has 0 fully saturated rings. The Morgan fingerprint density at radius 1 is 1.59 bits per heavy atom. The van der Waals surface area contributed by atoms with Crippen molar-refractivity contribution in [2.75, 3.05) is 20.1 Å². The zero-order chi connectivity index (χ0) is 12.4. The Kier molecular flexibility index (Phi) is 3.33. The van der Waals surface area contributed by atoms with Gasteiger partial charge in [0.1, 0.15) is 11.9 Å². The van der Waals surface area contributed by atoms with Crippen LogP contribution in [0.5, 0.6) is 5.75 Å². The van der Waals surface area contributed by atoms with Crippen LogP contribution >= 0.6 is 0 Å². The highest BCUT2D eigenvalue weighted by atomic mass is 16.5.